The van der Waals surface area contributed by atoms with Crippen molar-refractivity contribution in [2.24, 2.45) is 11.7 Å². The van der Waals surface area contributed by atoms with Crippen LogP contribution in [0, 0.1) is 5.92 Å². The molecule has 0 radical (unpaired) electrons. The van der Waals surface area contributed by atoms with Crippen LogP contribution >= 0.6 is 15.9 Å². The molecule has 0 spiro atoms. The fourth-order valence-corrected chi connectivity index (χ4v) is 2.33. The summed E-state index contributed by atoms with van der Waals surface area (Å²) in [6.45, 7) is 0.982. The van der Waals surface area contributed by atoms with Gasteiger partial charge < -0.3 is 11.1 Å². The van der Waals surface area contributed by atoms with E-state index < -0.39 is 0 Å². The minimum absolute atomic E-state index is 0.581. The second-order valence-corrected chi connectivity index (χ2v) is 4.75. The summed E-state index contributed by atoms with van der Waals surface area (Å²) in [5.41, 5.74) is 7.04. The van der Waals surface area contributed by atoms with E-state index in [4.69, 9.17) is 5.73 Å². The fourth-order valence-electron chi connectivity index (χ4n) is 1.85. The van der Waals surface area contributed by atoms with E-state index in [0.717, 1.165) is 25.2 Å². The average molecular weight is 267 g/mol. The highest BCUT2D eigenvalue weighted by Crippen LogP contribution is 2.20. The van der Waals surface area contributed by atoms with Gasteiger partial charge in [-0.25, -0.2) is 0 Å². The zero-order valence-corrected chi connectivity index (χ0v) is 10.1. The highest BCUT2D eigenvalue weighted by Gasteiger charge is 2.13. The highest BCUT2D eigenvalue weighted by atomic mass is 79.9. The molecule has 0 saturated carbocycles. The predicted molar refractivity (Wildman–Crippen MR) is 66.2 cm³/mol. The Balaban J connectivity index is 1.91. The molecule has 1 aliphatic rings. The summed E-state index contributed by atoms with van der Waals surface area (Å²) in [5.74, 6) is 1.41. The first-order chi connectivity index (χ1) is 7.25. The lowest BCUT2D eigenvalue weighted by Crippen LogP contribution is -2.16. The summed E-state index contributed by atoms with van der Waals surface area (Å²) in [4.78, 5) is 0. The molecule has 1 atom stereocenters. The second kappa shape index (κ2) is 4.71. The number of nitrogens with one attached hydrogen (secondary N) is 1. The fraction of sp³-hybridized carbons (Fsp3) is 0.333. The summed E-state index contributed by atoms with van der Waals surface area (Å²) in [6.07, 6.45) is 4.37. The van der Waals surface area contributed by atoms with E-state index in [1.165, 1.54) is 10.0 Å². The number of hydrogen-bond donors (Lipinski definition) is 2. The molecule has 0 aliphatic carbocycles. The van der Waals surface area contributed by atoms with Crippen LogP contribution in [0.2, 0.25) is 0 Å². The predicted octanol–water partition coefficient (Wildman–Crippen LogP) is 2.40. The Kier molecular flexibility index (Phi) is 3.31. The second-order valence-electron chi connectivity index (χ2n) is 3.89. The van der Waals surface area contributed by atoms with E-state index in [-0.39, 0.29) is 0 Å². The molecule has 15 heavy (non-hydrogen) atoms. The van der Waals surface area contributed by atoms with Crippen LogP contribution < -0.4 is 11.1 Å². The van der Waals surface area contributed by atoms with Crippen LogP contribution in [0.3, 0.4) is 0 Å². The van der Waals surface area contributed by atoms with Gasteiger partial charge in [0.1, 0.15) is 0 Å². The maximum absolute atomic E-state index is 5.66. The van der Waals surface area contributed by atoms with Crippen molar-refractivity contribution in [2.45, 2.75) is 12.8 Å². The van der Waals surface area contributed by atoms with Gasteiger partial charge >= 0.3 is 0 Å². The van der Waals surface area contributed by atoms with Crippen LogP contribution in [-0.2, 0) is 6.42 Å². The normalized spacial score (nSPS) is 19.8. The number of aryl methyl sites for hydroxylation is 1. The van der Waals surface area contributed by atoms with Gasteiger partial charge in [0, 0.05) is 11.0 Å². The molecular weight excluding hydrogens is 252 g/mol. The molecule has 0 saturated heterocycles. The summed E-state index contributed by atoms with van der Waals surface area (Å²) < 4.78 is 1.20. The Bertz CT molecular complexity index is 374. The van der Waals surface area contributed by atoms with Gasteiger partial charge in [-0.05, 0) is 36.5 Å². The number of hydrogen-bond acceptors (Lipinski definition) is 2. The molecule has 1 aromatic rings. The molecule has 0 aromatic heterocycles. The first-order valence-electron chi connectivity index (χ1n) is 5.20. The van der Waals surface area contributed by atoms with Gasteiger partial charge in [0.15, 0.2) is 0 Å². The topological polar surface area (TPSA) is 38.0 Å². The van der Waals surface area contributed by atoms with E-state index in [9.17, 15) is 0 Å². The third kappa shape index (κ3) is 2.75. The molecule has 1 aromatic carbocycles. The first kappa shape index (κ1) is 10.6. The molecule has 80 valence electrons. The van der Waals surface area contributed by atoms with Gasteiger partial charge in [0.05, 0.1) is 5.82 Å². The molecule has 0 unspecified atom stereocenters. The van der Waals surface area contributed by atoms with E-state index >= 15 is 0 Å². The minimum Gasteiger partial charge on any atom is -0.386 e. The van der Waals surface area contributed by atoms with Gasteiger partial charge in [-0.1, -0.05) is 34.1 Å². The van der Waals surface area contributed by atoms with Gasteiger partial charge in [-0.2, -0.15) is 0 Å². The molecule has 0 amide bonds. The first-order valence-corrected chi connectivity index (χ1v) is 5.99. The molecule has 0 bridgehead atoms. The van der Waals surface area contributed by atoms with Gasteiger partial charge in [-0.3, -0.25) is 0 Å². The Morgan fingerprint density at radius 3 is 2.87 bits per heavy atom. The lowest BCUT2D eigenvalue weighted by molar-refractivity contribution is 0.596. The largest absolute Gasteiger partial charge is 0.386 e. The average Bonchev–Trinajstić information content (AvgIpc) is 2.63. The quantitative estimate of drug-likeness (QED) is 0.882. The van der Waals surface area contributed by atoms with Crippen LogP contribution in [0.25, 0.3) is 0 Å². The lowest BCUT2D eigenvalue weighted by Gasteiger charge is -2.07. The molecule has 3 N–H and O–H groups in total. The smallest absolute Gasteiger partial charge is 0.0922 e. The monoisotopic (exact) mass is 266 g/mol. The molecular formula is C12H15BrN2. The maximum Gasteiger partial charge on any atom is 0.0922 e. The summed E-state index contributed by atoms with van der Waals surface area (Å²) in [7, 11) is 0. The van der Waals surface area contributed by atoms with Crippen LogP contribution in [0.4, 0.5) is 0 Å². The van der Waals surface area contributed by atoms with Crippen molar-refractivity contribution in [2.75, 3.05) is 6.54 Å². The molecule has 2 nitrogen and oxygen atoms in total. The molecule has 1 heterocycles. The van der Waals surface area contributed by atoms with Crippen LogP contribution in [0.1, 0.15) is 12.0 Å². The molecule has 0 fully saturated rings. The SMILES string of the molecule is NC1=C[C@H](CCc2ccccc2Br)CN1. The zero-order chi connectivity index (χ0) is 10.7. The summed E-state index contributed by atoms with van der Waals surface area (Å²) in [5, 5.41) is 3.15. The summed E-state index contributed by atoms with van der Waals surface area (Å²) in [6, 6.07) is 8.38. The van der Waals surface area contributed by atoms with E-state index in [1.54, 1.807) is 0 Å². The Hall–Kier alpha value is -0.960. The number of halogens is 1. The summed E-state index contributed by atoms with van der Waals surface area (Å²) >= 11 is 3.56. The Morgan fingerprint density at radius 2 is 2.20 bits per heavy atom. The van der Waals surface area contributed by atoms with Crippen molar-refractivity contribution in [3.8, 4) is 0 Å². The molecule has 3 heteroatoms. The lowest BCUT2D eigenvalue weighted by atomic mass is 10.0. The standard InChI is InChI=1S/C12H15BrN2/c13-11-4-2-1-3-10(11)6-5-9-7-12(14)15-8-9/h1-4,7,9,15H,5-6,8,14H2/t9-/m0/s1. The highest BCUT2D eigenvalue weighted by molar-refractivity contribution is 9.10. The maximum atomic E-state index is 5.66. The van der Waals surface area contributed by atoms with Crippen molar-refractivity contribution >= 4 is 15.9 Å². The Labute approximate surface area is 98.7 Å². The van der Waals surface area contributed by atoms with E-state index in [0.29, 0.717) is 5.92 Å². The van der Waals surface area contributed by atoms with Crippen LogP contribution in [0.5, 0.6) is 0 Å². The number of benzene rings is 1. The van der Waals surface area contributed by atoms with Gasteiger partial charge in [0.25, 0.3) is 0 Å². The number of nitrogens with two attached hydrogens (primary N) is 1. The van der Waals surface area contributed by atoms with Gasteiger partial charge in [-0.15, -0.1) is 0 Å². The van der Waals surface area contributed by atoms with Crippen molar-refractivity contribution in [3.63, 3.8) is 0 Å². The number of rotatable bonds is 3. The van der Waals surface area contributed by atoms with Crippen molar-refractivity contribution < 1.29 is 0 Å². The molecule has 2 rings (SSSR count). The Morgan fingerprint density at radius 1 is 1.40 bits per heavy atom. The van der Waals surface area contributed by atoms with Crippen molar-refractivity contribution in [1.82, 2.24) is 5.32 Å². The van der Waals surface area contributed by atoms with E-state index in [1.807, 2.05) is 6.07 Å². The van der Waals surface area contributed by atoms with Crippen LogP contribution in [0.15, 0.2) is 40.6 Å². The van der Waals surface area contributed by atoms with Crippen molar-refractivity contribution in [1.29, 1.82) is 0 Å². The van der Waals surface area contributed by atoms with Crippen molar-refractivity contribution in [3.05, 3.63) is 46.2 Å². The van der Waals surface area contributed by atoms with Gasteiger partial charge in [0.2, 0.25) is 0 Å². The molecule has 1 aliphatic heterocycles. The third-order valence-electron chi connectivity index (χ3n) is 2.73. The third-order valence-corrected chi connectivity index (χ3v) is 3.50. The van der Waals surface area contributed by atoms with E-state index in [2.05, 4.69) is 45.5 Å². The minimum atomic E-state index is 0.581. The van der Waals surface area contributed by atoms with Crippen LogP contribution in [-0.4, -0.2) is 6.54 Å². The zero-order valence-electron chi connectivity index (χ0n) is 8.54.